The molecule has 104 valence electrons. The van der Waals surface area contributed by atoms with Crippen LogP contribution < -0.4 is 5.32 Å². The molecular weight excluding hydrogens is 250 g/mol. The van der Waals surface area contributed by atoms with Crippen molar-refractivity contribution in [1.29, 1.82) is 0 Å². The lowest BCUT2D eigenvalue weighted by molar-refractivity contribution is -0.125. The van der Waals surface area contributed by atoms with Gasteiger partial charge >= 0.3 is 5.97 Å². The van der Waals surface area contributed by atoms with Gasteiger partial charge in [0.2, 0.25) is 0 Å². The first-order valence-corrected chi connectivity index (χ1v) is 5.69. The second-order valence-electron chi connectivity index (χ2n) is 5.08. The highest BCUT2D eigenvalue weighted by Gasteiger charge is 2.17. The molecule has 0 spiro atoms. The molecule has 1 rings (SSSR count). The Hall–Kier alpha value is -2.24. The molecule has 1 amide bonds. The van der Waals surface area contributed by atoms with E-state index in [1.54, 1.807) is 20.8 Å². The first-order chi connectivity index (χ1) is 8.69. The fraction of sp³-hybridized carbons (Fsp3) is 0.385. The molecule has 0 radical (unpaired) electrons. The van der Waals surface area contributed by atoms with E-state index >= 15 is 0 Å². The van der Waals surface area contributed by atoms with Crippen LogP contribution in [0.1, 0.15) is 31.1 Å². The number of carbonyl (C=O) groups is 2. The Morgan fingerprint density at radius 2 is 1.89 bits per heavy atom. The molecule has 0 saturated heterocycles. The number of ether oxygens (including phenoxy) is 1. The zero-order valence-corrected chi connectivity index (χ0v) is 11.1. The molecule has 0 aliphatic rings. The van der Waals surface area contributed by atoms with E-state index in [4.69, 9.17) is 9.84 Å². The number of amides is 1. The van der Waals surface area contributed by atoms with Gasteiger partial charge in [-0.3, -0.25) is 4.79 Å². The molecule has 0 fully saturated rings. The molecule has 6 heteroatoms. The Labute approximate surface area is 111 Å². The molecule has 0 aliphatic heterocycles. The van der Waals surface area contributed by atoms with Gasteiger partial charge in [-0.25, -0.2) is 4.79 Å². The topological polar surface area (TPSA) is 95.9 Å². The Kier molecular flexibility index (Phi) is 4.37. The summed E-state index contributed by atoms with van der Waals surface area (Å²) in [7, 11) is 0. The van der Waals surface area contributed by atoms with Crippen LogP contribution in [0.15, 0.2) is 18.2 Å². The number of rotatable bonds is 3. The zero-order chi connectivity index (χ0) is 14.6. The normalized spacial score (nSPS) is 10.9. The molecule has 0 saturated carbocycles. The summed E-state index contributed by atoms with van der Waals surface area (Å²) >= 11 is 0. The first kappa shape index (κ1) is 14.8. The lowest BCUT2D eigenvalue weighted by Crippen LogP contribution is -2.42. The van der Waals surface area contributed by atoms with Crippen LogP contribution >= 0.6 is 0 Å². The van der Waals surface area contributed by atoms with E-state index in [-0.39, 0.29) is 11.3 Å². The van der Waals surface area contributed by atoms with E-state index in [2.05, 4.69) is 5.32 Å². The molecular formula is C13H17NO5. The maximum absolute atomic E-state index is 11.6. The summed E-state index contributed by atoms with van der Waals surface area (Å²) in [4.78, 5) is 23.0. The van der Waals surface area contributed by atoms with Crippen molar-refractivity contribution >= 4 is 11.9 Å². The predicted molar refractivity (Wildman–Crippen MR) is 67.9 cm³/mol. The van der Waals surface area contributed by atoms with Crippen LogP contribution in [0.25, 0.3) is 0 Å². The van der Waals surface area contributed by atoms with Crippen LogP contribution in [0.2, 0.25) is 0 Å². The molecule has 0 atom stereocenters. The highest BCUT2D eigenvalue weighted by atomic mass is 16.5. The summed E-state index contributed by atoms with van der Waals surface area (Å²) in [6, 6.07) is 3.48. The fourth-order valence-electron chi connectivity index (χ4n) is 1.36. The van der Waals surface area contributed by atoms with Crippen molar-refractivity contribution in [1.82, 2.24) is 5.32 Å². The van der Waals surface area contributed by atoms with Crippen LogP contribution in [0.3, 0.4) is 0 Å². The molecule has 1 aromatic rings. The number of hydrogen-bond acceptors (Lipinski definition) is 5. The monoisotopic (exact) mass is 267 g/mol. The molecule has 1 aromatic carbocycles. The van der Waals surface area contributed by atoms with Crippen molar-refractivity contribution in [3.63, 3.8) is 0 Å². The van der Waals surface area contributed by atoms with Crippen LogP contribution in [0, 0.1) is 0 Å². The van der Waals surface area contributed by atoms with Gasteiger partial charge in [0, 0.05) is 11.6 Å². The molecule has 0 aliphatic carbocycles. The largest absolute Gasteiger partial charge is 0.508 e. The van der Waals surface area contributed by atoms with Gasteiger partial charge < -0.3 is 20.3 Å². The quantitative estimate of drug-likeness (QED) is 0.714. The third-order valence-corrected chi connectivity index (χ3v) is 2.05. The van der Waals surface area contributed by atoms with E-state index < -0.39 is 29.8 Å². The van der Waals surface area contributed by atoms with Crippen molar-refractivity contribution in [2.45, 2.75) is 26.3 Å². The second-order valence-corrected chi connectivity index (χ2v) is 5.08. The zero-order valence-electron chi connectivity index (χ0n) is 11.1. The van der Waals surface area contributed by atoms with Crippen molar-refractivity contribution < 1.29 is 24.5 Å². The molecule has 0 unspecified atom stereocenters. The Balaban J connectivity index is 2.59. The number of hydrogen-bond donors (Lipinski definition) is 3. The van der Waals surface area contributed by atoms with Crippen molar-refractivity contribution in [3.05, 3.63) is 23.8 Å². The number of phenolic OH excluding ortho intramolecular Hbond substituents is 2. The third kappa shape index (κ3) is 4.87. The lowest BCUT2D eigenvalue weighted by atomic mass is 10.1. The summed E-state index contributed by atoms with van der Waals surface area (Å²) in [5.74, 6) is -1.83. The highest BCUT2D eigenvalue weighted by molar-refractivity contribution is 5.94. The number of benzene rings is 1. The molecule has 19 heavy (non-hydrogen) atoms. The van der Waals surface area contributed by atoms with Crippen molar-refractivity contribution in [2.75, 3.05) is 6.61 Å². The predicted octanol–water partition coefficient (Wildman–Crippen LogP) is 1.17. The Morgan fingerprint density at radius 3 is 2.42 bits per heavy atom. The summed E-state index contributed by atoms with van der Waals surface area (Å²) < 4.78 is 4.76. The molecule has 0 heterocycles. The third-order valence-electron chi connectivity index (χ3n) is 2.05. The van der Waals surface area contributed by atoms with E-state index in [1.807, 2.05) is 0 Å². The molecule has 0 aromatic heterocycles. The molecule has 6 nitrogen and oxygen atoms in total. The number of carbonyl (C=O) groups excluding carboxylic acids is 2. The fourth-order valence-corrected chi connectivity index (χ4v) is 1.36. The standard InChI is InChI=1S/C13H17NO5/c1-13(2,3)14-11(17)7-19-12(18)9-5-4-8(15)6-10(9)16/h4-6,15-16H,7H2,1-3H3,(H,14,17). The number of esters is 1. The van der Waals surface area contributed by atoms with Gasteiger partial charge in [0.05, 0.1) is 0 Å². The average Bonchev–Trinajstić information content (AvgIpc) is 2.23. The van der Waals surface area contributed by atoms with Crippen LogP contribution in [-0.2, 0) is 9.53 Å². The minimum atomic E-state index is -0.832. The minimum Gasteiger partial charge on any atom is -0.508 e. The van der Waals surface area contributed by atoms with Gasteiger partial charge in [0.25, 0.3) is 5.91 Å². The van der Waals surface area contributed by atoms with E-state index in [0.29, 0.717) is 0 Å². The molecule has 0 bridgehead atoms. The Morgan fingerprint density at radius 1 is 1.26 bits per heavy atom. The van der Waals surface area contributed by atoms with Gasteiger partial charge in [-0.05, 0) is 32.9 Å². The maximum Gasteiger partial charge on any atom is 0.342 e. The molecule has 3 N–H and O–H groups in total. The smallest absolute Gasteiger partial charge is 0.342 e. The average molecular weight is 267 g/mol. The van der Waals surface area contributed by atoms with Gasteiger partial charge in [0.1, 0.15) is 17.1 Å². The number of aromatic hydroxyl groups is 2. The van der Waals surface area contributed by atoms with Crippen molar-refractivity contribution in [2.24, 2.45) is 0 Å². The van der Waals surface area contributed by atoms with Gasteiger partial charge in [-0.1, -0.05) is 0 Å². The Bertz CT molecular complexity index is 490. The highest BCUT2D eigenvalue weighted by Crippen LogP contribution is 2.23. The summed E-state index contributed by atoms with van der Waals surface area (Å²) in [5, 5.41) is 21.2. The van der Waals surface area contributed by atoms with E-state index in [1.165, 1.54) is 12.1 Å². The summed E-state index contributed by atoms with van der Waals surface area (Å²) in [6.45, 7) is 4.98. The van der Waals surface area contributed by atoms with Crippen LogP contribution in [0.5, 0.6) is 11.5 Å². The van der Waals surface area contributed by atoms with Crippen LogP contribution in [-0.4, -0.2) is 34.2 Å². The summed E-state index contributed by atoms with van der Waals surface area (Å²) in [5.41, 5.74) is -0.522. The first-order valence-electron chi connectivity index (χ1n) is 5.69. The van der Waals surface area contributed by atoms with Gasteiger partial charge in [-0.2, -0.15) is 0 Å². The van der Waals surface area contributed by atoms with Crippen LogP contribution in [0.4, 0.5) is 0 Å². The number of nitrogens with one attached hydrogen (secondary N) is 1. The van der Waals surface area contributed by atoms with Gasteiger partial charge in [-0.15, -0.1) is 0 Å². The van der Waals surface area contributed by atoms with Gasteiger partial charge in [0.15, 0.2) is 6.61 Å². The van der Waals surface area contributed by atoms with E-state index in [9.17, 15) is 14.7 Å². The SMILES string of the molecule is CC(C)(C)NC(=O)COC(=O)c1ccc(O)cc1O. The van der Waals surface area contributed by atoms with E-state index in [0.717, 1.165) is 6.07 Å². The number of phenols is 2. The summed E-state index contributed by atoms with van der Waals surface area (Å²) in [6.07, 6.45) is 0. The second kappa shape index (κ2) is 5.60. The maximum atomic E-state index is 11.6. The minimum absolute atomic E-state index is 0.110. The van der Waals surface area contributed by atoms with Crippen molar-refractivity contribution in [3.8, 4) is 11.5 Å². The lowest BCUT2D eigenvalue weighted by Gasteiger charge is -2.20.